The van der Waals surface area contributed by atoms with Gasteiger partial charge in [0.05, 0.1) is 34.7 Å². The van der Waals surface area contributed by atoms with Crippen molar-refractivity contribution in [2.24, 2.45) is 4.99 Å². The van der Waals surface area contributed by atoms with Crippen molar-refractivity contribution < 1.29 is 13.9 Å². The Morgan fingerprint density at radius 3 is 2.65 bits per heavy atom. The summed E-state index contributed by atoms with van der Waals surface area (Å²) in [6, 6.07) is 11.0. The molecule has 1 aliphatic heterocycles. The summed E-state index contributed by atoms with van der Waals surface area (Å²) in [4.78, 5) is 31.4. The van der Waals surface area contributed by atoms with Crippen LogP contribution < -0.4 is 14.9 Å². The number of allylic oxidation sites excluding steroid dienone is 1. The largest absolute Gasteiger partial charge is 0.465 e. The second-order valence-electron chi connectivity index (χ2n) is 7.64. The van der Waals surface area contributed by atoms with Crippen molar-refractivity contribution in [1.82, 2.24) is 4.57 Å². The van der Waals surface area contributed by atoms with Crippen LogP contribution in [0.1, 0.15) is 56.5 Å². The van der Waals surface area contributed by atoms with Gasteiger partial charge in [-0.1, -0.05) is 49.4 Å². The van der Waals surface area contributed by atoms with E-state index in [9.17, 15) is 9.59 Å². The van der Waals surface area contributed by atoms with Crippen LogP contribution in [0, 0.1) is 0 Å². The summed E-state index contributed by atoms with van der Waals surface area (Å²) >= 11 is 1.28. The van der Waals surface area contributed by atoms with E-state index in [0.717, 1.165) is 5.56 Å². The van der Waals surface area contributed by atoms with E-state index in [1.807, 2.05) is 24.3 Å². The number of aromatic nitrogens is 1. The van der Waals surface area contributed by atoms with Gasteiger partial charge in [0.1, 0.15) is 5.76 Å². The molecule has 3 aromatic rings. The number of rotatable bonds is 5. The maximum atomic E-state index is 13.4. The van der Waals surface area contributed by atoms with Gasteiger partial charge >= 0.3 is 5.97 Å². The highest BCUT2D eigenvalue weighted by Gasteiger charge is 2.33. The first-order valence-corrected chi connectivity index (χ1v) is 11.1. The Morgan fingerprint density at radius 2 is 2.03 bits per heavy atom. The van der Waals surface area contributed by atoms with E-state index in [2.05, 4.69) is 18.8 Å². The lowest BCUT2D eigenvalue weighted by molar-refractivity contribution is -0.139. The zero-order valence-corrected chi connectivity index (χ0v) is 18.7. The average Bonchev–Trinajstić information content (AvgIpc) is 3.35. The van der Waals surface area contributed by atoms with Crippen LogP contribution in [0.3, 0.4) is 0 Å². The van der Waals surface area contributed by atoms with E-state index in [1.165, 1.54) is 16.9 Å². The maximum absolute atomic E-state index is 13.4. The lowest BCUT2D eigenvalue weighted by atomic mass is 9.93. The van der Waals surface area contributed by atoms with Crippen LogP contribution in [0.4, 0.5) is 0 Å². The van der Waals surface area contributed by atoms with Crippen LogP contribution >= 0.6 is 11.3 Å². The summed E-state index contributed by atoms with van der Waals surface area (Å²) in [6.07, 6.45) is 3.26. The Morgan fingerprint density at radius 1 is 1.29 bits per heavy atom. The van der Waals surface area contributed by atoms with Gasteiger partial charge in [-0.2, -0.15) is 0 Å². The summed E-state index contributed by atoms with van der Waals surface area (Å²) in [5.41, 5.74) is 2.76. The Hall–Kier alpha value is -3.19. The standard InChI is InChI=1S/C24H24N2O4S/c1-5-29-23(28)20-15(4)25-24-26(21(20)17-10-8-16(9-11-17)14(2)3)22(27)19(31-24)13-18-7-6-12-30-18/h6-14,21H,5H2,1-4H3/b19-13-/t21-/m0/s1. The number of hydrogen-bond acceptors (Lipinski definition) is 6. The zero-order chi connectivity index (χ0) is 22.1. The predicted octanol–water partition coefficient (Wildman–Crippen LogP) is 3.51. The van der Waals surface area contributed by atoms with E-state index in [1.54, 1.807) is 42.9 Å². The van der Waals surface area contributed by atoms with Crippen LogP contribution in [0.25, 0.3) is 6.08 Å². The molecule has 0 spiro atoms. The number of fused-ring (bicyclic) bond motifs is 1. The molecule has 1 aliphatic rings. The molecule has 0 aliphatic carbocycles. The molecule has 2 aromatic heterocycles. The van der Waals surface area contributed by atoms with Gasteiger partial charge in [-0.25, -0.2) is 9.79 Å². The third-order valence-corrected chi connectivity index (χ3v) is 6.24. The molecular weight excluding hydrogens is 412 g/mol. The normalized spacial score (nSPS) is 16.4. The first-order valence-electron chi connectivity index (χ1n) is 10.2. The molecule has 0 N–H and O–H groups in total. The minimum atomic E-state index is -0.602. The summed E-state index contributed by atoms with van der Waals surface area (Å²) in [5, 5.41) is 0. The van der Waals surface area contributed by atoms with Crippen molar-refractivity contribution in [3.8, 4) is 0 Å². The zero-order valence-electron chi connectivity index (χ0n) is 17.9. The van der Waals surface area contributed by atoms with Crippen LogP contribution in [0.15, 0.2) is 68.1 Å². The molecule has 0 unspecified atom stereocenters. The van der Waals surface area contributed by atoms with Gasteiger partial charge in [0.25, 0.3) is 5.56 Å². The third-order valence-electron chi connectivity index (χ3n) is 5.25. The molecule has 7 heteroatoms. The summed E-state index contributed by atoms with van der Waals surface area (Å²) in [5.74, 6) is 0.512. The van der Waals surface area contributed by atoms with E-state index < -0.39 is 12.0 Å². The molecule has 160 valence electrons. The fourth-order valence-electron chi connectivity index (χ4n) is 3.67. The molecule has 0 bridgehead atoms. The number of ether oxygens (including phenoxy) is 1. The SMILES string of the molecule is CCOC(=O)C1=C(C)N=c2s/c(=C\c3ccco3)c(=O)n2[C@H]1c1ccc(C(C)C)cc1. The fourth-order valence-corrected chi connectivity index (χ4v) is 4.70. The van der Waals surface area contributed by atoms with Gasteiger partial charge in [-0.3, -0.25) is 9.36 Å². The Labute approximate surface area is 183 Å². The van der Waals surface area contributed by atoms with Crippen molar-refractivity contribution in [3.05, 3.63) is 90.5 Å². The van der Waals surface area contributed by atoms with Gasteiger partial charge in [0, 0.05) is 6.08 Å². The highest BCUT2D eigenvalue weighted by Crippen LogP contribution is 2.31. The molecule has 0 saturated carbocycles. The number of thiazole rings is 1. The smallest absolute Gasteiger partial charge is 0.338 e. The van der Waals surface area contributed by atoms with Gasteiger partial charge < -0.3 is 9.15 Å². The molecule has 4 rings (SSSR count). The van der Waals surface area contributed by atoms with E-state index >= 15 is 0 Å². The summed E-state index contributed by atoms with van der Waals surface area (Å²) in [6.45, 7) is 8.04. The fraction of sp³-hybridized carbons (Fsp3) is 0.292. The topological polar surface area (TPSA) is 73.8 Å². The Kier molecular flexibility index (Phi) is 5.78. The third kappa shape index (κ3) is 3.93. The second kappa shape index (κ2) is 8.51. The first kappa shape index (κ1) is 21.1. The highest BCUT2D eigenvalue weighted by atomic mass is 32.1. The van der Waals surface area contributed by atoms with Crippen molar-refractivity contribution in [1.29, 1.82) is 0 Å². The number of furan rings is 1. The summed E-state index contributed by atoms with van der Waals surface area (Å²) < 4.78 is 12.8. The summed E-state index contributed by atoms with van der Waals surface area (Å²) in [7, 11) is 0. The van der Waals surface area contributed by atoms with Crippen LogP contribution in [-0.2, 0) is 9.53 Å². The first-order chi connectivity index (χ1) is 14.9. The number of carbonyl (C=O) groups excluding carboxylic acids is 1. The molecule has 31 heavy (non-hydrogen) atoms. The Balaban J connectivity index is 1.94. The van der Waals surface area contributed by atoms with E-state index in [0.29, 0.717) is 32.3 Å². The number of carbonyl (C=O) groups is 1. The molecule has 1 aromatic carbocycles. The number of benzene rings is 1. The number of esters is 1. The molecule has 3 heterocycles. The quantitative estimate of drug-likeness (QED) is 0.574. The lowest BCUT2D eigenvalue weighted by Gasteiger charge is -2.25. The van der Waals surface area contributed by atoms with Crippen molar-refractivity contribution >= 4 is 23.4 Å². The van der Waals surface area contributed by atoms with E-state index in [4.69, 9.17) is 9.15 Å². The van der Waals surface area contributed by atoms with Gasteiger partial charge in [0.2, 0.25) is 0 Å². The highest BCUT2D eigenvalue weighted by molar-refractivity contribution is 7.07. The Bertz CT molecular complexity index is 1310. The number of hydrogen-bond donors (Lipinski definition) is 0. The number of nitrogens with zero attached hydrogens (tertiary/aromatic N) is 2. The van der Waals surface area contributed by atoms with Gasteiger partial charge in [0.15, 0.2) is 4.80 Å². The van der Waals surface area contributed by atoms with Crippen LogP contribution in [0.2, 0.25) is 0 Å². The molecular formula is C24H24N2O4S. The lowest BCUT2D eigenvalue weighted by Crippen LogP contribution is -2.39. The molecule has 6 nitrogen and oxygen atoms in total. The molecule has 1 atom stereocenters. The monoisotopic (exact) mass is 436 g/mol. The van der Waals surface area contributed by atoms with Crippen molar-refractivity contribution in [2.75, 3.05) is 6.61 Å². The second-order valence-corrected chi connectivity index (χ2v) is 8.65. The van der Waals surface area contributed by atoms with Crippen LogP contribution in [-0.4, -0.2) is 17.1 Å². The minimum Gasteiger partial charge on any atom is -0.465 e. The van der Waals surface area contributed by atoms with Crippen molar-refractivity contribution in [3.63, 3.8) is 0 Å². The van der Waals surface area contributed by atoms with Gasteiger partial charge in [-0.15, -0.1) is 0 Å². The molecule has 0 fully saturated rings. The average molecular weight is 437 g/mol. The molecule has 0 saturated heterocycles. The van der Waals surface area contributed by atoms with Crippen molar-refractivity contribution in [2.45, 2.75) is 39.7 Å². The van der Waals surface area contributed by atoms with E-state index in [-0.39, 0.29) is 12.2 Å². The predicted molar refractivity (Wildman–Crippen MR) is 120 cm³/mol. The van der Waals surface area contributed by atoms with Crippen LogP contribution in [0.5, 0.6) is 0 Å². The van der Waals surface area contributed by atoms with Gasteiger partial charge in [-0.05, 0) is 43.0 Å². The molecule has 0 radical (unpaired) electrons. The minimum absolute atomic E-state index is 0.215. The molecule has 0 amide bonds. The maximum Gasteiger partial charge on any atom is 0.338 e.